The maximum Gasteiger partial charge on any atom is 0.0864 e. The Bertz CT molecular complexity index is 213. The van der Waals surface area contributed by atoms with Crippen molar-refractivity contribution in [3.05, 3.63) is 17.4 Å². The molecule has 0 saturated carbocycles. The Kier molecular flexibility index (Phi) is 3.76. The summed E-state index contributed by atoms with van der Waals surface area (Å²) < 4.78 is 1.79. The third-order valence-electron chi connectivity index (χ3n) is 1.09. The number of nitrogens with two attached hydrogens (primary N) is 1. The molecule has 62 valence electrons. The van der Waals surface area contributed by atoms with Gasteiger partial charge in [0.05, 0.1) is 17.1 Å². The molecule has 3 nitrogen and oxygen atoms in total. The Balaban J connectivity index is 2.27. The Hall–Kier alpha value is -0.190. The van der Waals surface area contributed by atoms with Crippen LogP contribution in [0.1, 0.15) is 0 Å². The molecule has 1 aromatic heterocycles. The molecule has 1 heterocycles. The molecule has 0 aromatic carbocycles. The van der Waals surface area contributed by atoms with Crippen LogP contribution in [0.15, 0.2) is 12.4 Å². The lowest BCUT2D eigenvalue weighted by Crippen LogP contribution is -2.03. The summed E-state index contributed by atoms with van der Waals surface area (Å²) in [6.45, 7) is 0.708. The second-order valence-corrected chi connectivity index (χ2v) is 3.54. The molecule has 2 N–H and O–H groups in total. The van der Waals surface area contributed by atoms with Crippen molar-refractivity contribution in [2.24, 2.45) is 5.73 Å². The van der Waals surface area contributed by atoms with E-state index in [-0.39, 0.29) is 0 Å². The summed E-state index contributed by atoms with van der Waals surface area (Å²) in [4.78, 5) is 0. The minimum Gasteiger partial charge on any atom is -0.330 e. The van der Waals surface area contributed by atoms with Crippen molar-refractivity contribution in [2.45, 2.75) is 5.88 Å². The highest BCUT2D eigenvalue weighted by atomic mass is 35.5. The van der Waals surface area contributed by atoms with Crippen LogP contribution in [0.3, 0.4) is 0 Å². The van der Waals surface area contributed by atoms with Crippen LogP contribution in [0.4, 0.5) is 0 Å². The number of rotatable bonds is 4. The van der Waals surface area contributed by atoms with E-state index in [1.165, 1.54) is 0 Å². The van der Waals surface area contributed by atoms with E-state index in [1.807, 2.05) is 0 Å². The van der Waals surface area contributed by atoms with Gasteiger partial charge >= 0.3 is 0 Å². The molecule has 0 bridgehead atoms. The number of aromatic nitrogens is 2. The van der Waals surface area contributed by atoms with E-state index >= 15 is 0 Å². The quantitative estimate of drug-likeness (QED) is 0.728. The van der Waals surface area contributed by atoms with Crippen LogP contribution < -0.4 is 5.73 Å². The van der Waals surface area contributed by atoms with Crippen LogP contribution in [0.25, 0.3) is 0 Å². The van der Waals surface area contributed by atoms with Gasteiger partial charge in [0.2, 0.25) is 0 Å². The first-order chi connectivity index (χ1) is 5.33. The number of halogens is 1. The van der Waals surface area contributed by atoms with Gasteiger partial charge in [-0.1, -0.05) is 11.6 Å². The lowest BCUT2D eigenvalue weighted by Gasteiger charge is -1.98. The maximum atomic E-state index is 5.66. The molecule has 0 saturated heterocycles. The van der Waals surface area contributed by atoms with Gasteiger partial charge in [-0.05, 0) is 0 Å². The standard InChI is InChI=1S/C6H10ClN3S/c7-6-3-9-10(4-6)5-11-2-1-8/h3-4H,1-2,5,8H2. The van der Waals surface area contributed by atoms with Gasteiger partial charge < -0.3 is 5.73 Å². The van der Waals surface area contributed by atoms with Crippen molar-refractivity contribution in [1.29, 1.82) is 0 Å². The van der Waals surface area contributed by atoms with Crippen LogP contribution in [-0.4, -0.2) is 22.1 Å². The molecule has 0 atom stereocenters. The SMILES string of the molecule is NCCSCn1cc(Cl)cn1. The summed E-state index contributed by atoms with van der Waals surface area (Å²) in [5.74, 6) is 1.78. The number of hydrogen-bond donors (Lipinski definition) is 1. The minimum absolute atomic E-state index is 0.679. The van der Waals surface area contributed by atoms with Crippen molar-refractivity contribution in [1.82, 2.24) is 9.78 Å². The molecule has 5 heteroatoms. The Morgan fingerprint density at radius 2 is 2.55 bits per heavy atom. The van der Waals surface area contributed by atoms with Crippen molar-refractivity contribution in [3.8, 4) is 0 Å². The summed E-state index contributed by atoms with van der Waals surface area (Å²) in [6, 6.07) is 0. The molecule has 0 unspecified atom stereocenters. The highest BCUT2D eigenvalue weighted by Crippen LogP contribution is 2.08. The molecule has 0 aliphatic heterocycles. The highest BCUT2D eigenvalue weighted by molar-refractivity contribution is 7.98. The number of thioether (sulfide) groups is 1. The normalized spacial score (nSPS) is 10.4. The summed E-state index contributed by atoms with van der Waals surface area (Å²) in [7, 11) is 0. The van der Waals surface area contributed by atoms with Gasteiger partial charge in [0, 0.05) is 18.5 Å². The lowest BCUT2D eigenvalue weighted by molar-refractivity contribution is 0.750. The maximum absolute atomic E-state index is 5.66. The zero-order valence-corrected chi connectivity index (χ0v) is 7.61. The summed E-state index contributed by atoms with van der Waals surface area (Å²) >= 11 is 7.39. The van der Waals surface area contributed by atoms with Gasteiger partial charge in [0.1, 0.15) is 0 Å². The van der Waals surface area contributed by atoms with Gasteiger partial charge in [-0.25, -0.2) is 0 Å². The first kappa shape index (κ1) is 8.90. The average Bonchev–Trinajstić information content (AvgIpc) is 2.37. The van der Waals surface area contributed by atoms with Gasteiger partial charge in [-0.3, -0.25) is 4.68 Å². The largest absolute Gasteiger partial charge is 0.330 e. The van der Waals surface area contributed by atoms with Gasteiger partial charge in [0.15, 0.2) is 0 Å². The van der Waals surface area contributed by atoms with Crippen molar-refractivity contribution in [2.75, 3.05) is 12.3 Å². The van der Waals surface area contributed by atoms with Crippen molar-refractivity contribution in [3.63, 3.8) is 0 Å². The van der Waals surface area contributed by atoms with Crippen LogP contribution in [0.5, 0.6) is 0 Å². The summed E-state index contributed by atoms with van der Waals surface area (Å²) in [5, 5.41) is 4.69. The van der Waals surface area contributed by atoms with Crippen LogP contribution in [0, 0.1) is 0 Å². The van der Waals surface area contributed by atoms with Gasteiger partial charge in [-0.2, -0.15) is 5.10 Å². The van der Waals surface area contributed by atoms with E-state index in [4.69, 9.17) is 17.3 Å². The van der Waals surface area contributed by atoms with Gasteiger partial charge in [-0.15, -0.1) is 11.8 Å². The summed E-state index contributed by atoms with van der Waals surface area (Å²) in [6.07, 6.45) is 3.43. The van der Waals surface area contributed by atoms with E-state index < -0.39 is 0 Å². The fourth-order valence-electron chi connectivity index (χ4n) is 0.650. The molecule has 1 rings (SSSR count). The molecule has 1 aromatic rings. The molecular formula is C6H10ClN3S. The monoisotopic (exact) mass is 191 g/mol. The molecule has 0 spiro atoms. The molecule has 0 amide bonds. The zero-order chi connectivity index (χ0) is 8.10. The molecule has 0 aliphatic carbocycles. The highest BCUT2D eigenvalue weighted by Gasteiger charge is 1.93. The second kappa shape index (κ2) is 4.64. The fourth-order valence-corrected chi connectivity index (χ4v) is 1.43. The third-order valence-corrected chi connectivity index (χ3v) is 2.25. The van der Waals surface area contributed by atoms with Gasteiger partial charge in [0.25, 0.3) is 0 Å². The van der Waals surface area contributed by atoms with E-state index in [0.717, 1.165) is 11.6 Å². The van der Waals surface area contributed by atoms with E-state index in [1.54, 1.807) is 28.8 Å². The van der Waals surface area contributed by atoms with E-state index in [0.29, 0.717) is 11.6 Å². The van der Waals surface area contributed by atoms with E-state index in [2.05, 4.69) is 5.10 Å². The predicted molar refractivity (Wildman–Crippen MR) is 48.7 cm³/mol. The molecule has 11 heavy (non-hydrogen) atoms. The van der Waals surface area contributed by atoms with Crippen molar-refractivity contribution >= 4 is 23.4 Å². The first-order valence-electron chi connectivity index (χ1n) is 3.28. The number of nitrogens with zero attached hydrogens (tertiary/aromatic N) is 2. The van der Waals surface area contributed by atoms with Crippen molar-refractivity contribution < 1.29 is 0 Å². The Labute approximate surface area is 74.9 Å². The van der Waals surface area contributed by atoms with Crippen LogP contribution in [0.2, 0.25) is 5.02 Å². The van der Waals surface area contributed by atoms with Crippen LogP contribution >= 0.6 is 23.4 Å². The average molecular weight is 192 g/mol. The Morgan fingerprint density at radius 1 is 1.73 bits per heavy atom. The zero-order valence-electron chi connectivity index (χ0n) is 6.03. The third kappa shape index (κ3) is 3.14. The minimum atomic E-state index is 0.679. The topological polar surface area (TPSA) is 43.8 Å². The molecule has 0 aliphatic rings. The smallest absolute Gasteiger partial charge is 0.0864 e. The molecule has 0 fully saturated rings. The van der Waals surface area contributed by atoms with Crippen LogP contribution in [-0.2, 0) is 5.88 Å². The predicted octanol–water partition coefficient (Wildman–Crippen LogP) is 1.19. The Morgan fingerprint density at radius 3 is 3.09 bits per heavy atom. The first-order valence-corrected chi connectivity index (χ1v) is 4.82. The lowest BCUT2D eigenvalue weighted by atomic mass is 10.7. The summed E-state index contributed by atoms with van der Waals surface area (Å²) in [5.41, 5.74) is 5.32. The second-order valence-electron chi connectivity index (χ2n) is 2.02. The number of hydrogen-bond acceptors (Lipinski definition) is 3. The fraction of sp³-hybridized carbons (Fsp3) is 0.500. The molecular weight excluding hydrogens is 182 g/mol. The molecule has 0 radical (unpaired) electrons. The van der Waals surface area contributed by atoms with E-state index in [9.17, 15) is 0 Å².